The molecule has 1 aliphatic heterocycles. The van der Waals surface area contributed by atoms with Crippen LogP contribution >= 0.6 is 0 Å². The van der Waals surface area contributed by atoms with Crippen LogP contribution in [0.3, 0.4) is 0 Å². The predicted molar refractivity (Wildman–Crippen MR) is 70.7 cm³/mol. The third-order valence-electron chi connectivity index (χ3n) is 3.69. The van der Waals surface area contributed by atoms with E-state index in [0.717, 1.165) is 26.1 Å². The molecule has 4 heteroatoms. The zero-order valence-electron chi connectivity index (χ0n) is 11.4. The van der Waals surface area contributed by atoms with Gasteiger partial charge >= 0.3 is 0 Å². The lowest BCUT2D eigenvalue weighted by molar-refractivity contribution is -0.123. The SMILES string of the molecule is CC(C)C(C)NC(=O)CN1CCCC(CN)C1. The van der Waals surface area contributed by atoms with Gasteiger partial charge in [0.25, 0.3) is 0 Å². The van der Waals surface area contributed by atoms with Crippen LogP contribution in [-0.2, 0) is 4.79 Å². The highest BCUT2D eigenvalue weighted by molar-refractivity contribution is 5.78. The second-order valence-corrected chi connectivity index (χ2v) is 5.58. The van der Waals surface area contributed by atoms with Crippen molar-refractivity contribution in [3.05, 3.63) is 0 Å². The number of rotatable bonds is 5. The number of hydrogen-bond acceptors (Lipinski definition) is 3. The van der Waals surface area contributed by atoms with Crippen molar-refractivity contribution in [3.8, 4) is 0 Å². The number of piperidine rings is 1. The molecule has 0 bridgehead atoms. The smallest absolute Gasteiger partial charge is 0.234 e. The van der Waals surface area contributed by atoms with Crippen LogP contribution in [0.5, 0.6) is 0 Å². The van der Waals surface area contributed by atoms with E-state index in [1.54, 1.807) is 0 Å². The van der Waals surface area contributed by atoms with Crippen molar-refractivity contribution in [2.24, 2.45) is 17.6 Å². The molecule has 0 aromatic rings. The van der Waals surface area contributed by atoms with E-state index in [9.17, 15) is 4.79 Å². The maximum absolute atomic E-state index is 11.8. The van der Waals surface area contributed by atoms with E-state index in [1.807, 2.05) is 0 Å². The first kappa shape index (κ1) is 14.5. The molecule has 17 heavy (non-hydrogen) atoms. The molecule has 1 saturated heterocycles. The normalized spacial score (nSPS) is 23.7. The molecule has 1 heterocycles. The number of nitrogens with zero attached hydrogens (tertiary/aromatic N) is 1. The Morgan fingerprint density at radius 3 is 2.76 bits per heavy atom. The van der Waals surface area contributed by atoms with Gasteiger partial charge in [-0.1, -0.05) is 13.8 Å². The summed E-state index contributed by atoms with van der Waals surface area (Å²) in [4.78, 5) is 14.1. The fourth-order valence-corrected chi connectivity index (χ4v) is 2.16. The number of amides is 1. The lowest BCUT2D eigenvalue weighted by Gasteiger charge is -2.32. The lowest BCUT2D eigenvalue weighted by Crippen LogP contribution is -2.46. The number of nitrogens with two attached hydrogens (primary N) is 1. The van der Waals surface area contributed by atoms with Gasteiger partial charge in [-0.05, 0) is 44.7 Å². The van der Waals surface area contributed by atoms with Gasteiger partial charge < -0.3 is 11.1 Å². The molecule has 1 amide bonds. The van der Waals surface area contributed by atoms with E-state index in [1.165, 1.54) is 6.42 Å². The monoisotopic (exact) mass is 241 g/mol. The molecule has 0 aromatic heterocycles. The van der Waals surface area contributed by atoms with E-state index in [2.05, 4.69) is 31.0 Å². The second-order valence-electron chi connectivity index (χ2n) is 5.58. The second kappa shape index (κ2) is 6.97. The summed E-state index contributed by atoms with van der Waals surface area (Å²) in [6.45, 7) is 9.56. The molecule has 4 nitrogen and oxygen atoms in total. The third kappa shape index (κ3) is 5.04. The van der Waals surface area contributed by atoms with Crippen LogP contribution in [0.2, 0.25) is 0 Å². The van der Waals surface area contributed by atoms with Crippen LogP contribution in [-0.4, -0.2) is 43.0 Å². The summed E-state index contributed by atoms with van der Waals surface area (Å²) in [6.07, 6.45) is 2.37. The van der Waals surface area contributed by atoms with E-state index >= 15 is 0 Å². The summed E-state index contributed by atoms with van der Waals surface area (Å²) in [5.74, 6) is 1.19. The molecule has 3 N–H and O–H groups in total. The highest BCUT2D eigenvalue weighted by atomic mass is 16.2. The van der Waals surface area contributed by atoms with Gasteiger partial charge in [0.1, 0.15) is 0 Å². The van der Waals surface area contributed by atoms with Gasteiger partial charge in [-0.3, -0.25) is 9.69 Å². The Kier molecular flexibility index (Phi) is 5.92. The molecule has 0 spiro atoms. The van der Waals surface area contributed by atoms with Gasteiger partial charge in [0.05, 0.1) is 6.54 Å². The highest BCUT2D eigenvalue weighted by Crippen LogP contribution is 2.14. The first-order valence-corrected chi connectivity index (χ1v) is 6.74. The molecular formula is C13H27N3O. The van der Waals surface area contributed by atoms with Gasteiger partial charge in [0, 0.05) is 12.6 Å². The van der Waals surface area contributed by atoms with Crippen molar-refractivity contribution in [1.29, 1.82) is 0 Å². The summed E-state index contributed by atoms with van der Waals surface area (Å²) >= 11 is 0. The van der Waals surface area contributed by atoms with Crippen LogP contribution in [0, 0.1) is 11.8 Å². The highest BCUT2D eigenvalue weighted by Gasteiger charge is 2.21. The van der Waals surface area contributed by atoms with E-state index in [4.69, 9.17) is 5.73 Å². The first-order valence-electron chi connectivity index (χ1n) is 6.74. The average molecular weight is 241 g/mol. The minimum absolute atomic E-state index is 0.142. The largest absolute Gasteiger partial charge is 0.352 e. The molecule has 2 unspecified atom stereocenters. The van der Waals surface area contributed by atoms with Crippen LogP contribution in [0.4, 0.5) is 0 Å². The molecule has 0 saturated carbocycles. The fraction of sp³-hybridized carbons (Fsp3) is 0.923. The van der Waals surface area contributed by atoms with Gasteiger partial charge in [0.2, 0.25) is 5.91 Å². The molecule has 1 rings (SSSR count). The minimum atomic E-state index is 0.142. The van der Waals surface area contributed by atoms with Crippen LogP contribution in [0.25, 0.3) is 0 Å². The van der Waals surface area contributed by atoms with E-state index < -0.39 is 0 Å². The van der Waals surface area contributed by atoms with E-state index in [0.29, 0.717) is 18.4 Å². The van der Waals surface area contributed by atoms with Gasteiger partial charge in [-0.2, -0.15) is 0 Å². The Balaban J connectivity index is 2.30. The minimum Gasteiger partial charge on any atom is -0.352 e. The average Bonchev–Trinajstić information content (AvgIpc) is 2.28. The number of nitrogens with one attached hydrogen (secondary N) is 1. The summed E-state index contributed by atoms with van der Waals surface area (Å²) in [5.41, 5.74) is 5.69. The van der Waals surface area contributed by atoms with E-state index in [-0.39, 0.29) is 11.9 Å². The summed E-state index contributed by atoms with van der Waals surface area (Å²) in [5, 5.41) is 3.05. The quantitative estimate of drug-likeness (QED) is 0.749. The molecule has 100 valence electrons. The van der Waals surface area contributed by atoms with Crippen LogP contribution in [0.1, 0.15) is 33.6 Å². The van der Waals surface area contributed by atoms with Crippen molar-refractivity contribution in [1.82, 2.24) is 10.2 Å². The number of carbonyl (C=O) groups excluding carboxylic acids is 1. The van der Waals surface area contributed by atoms with Gasteiger partial charge in [-0.15, -0.1) is 0 Å². The molecule has 2 atom stereocenters. The molecule has 0 aromatic carbocycles. The zero-order chi connectivity index (χ0) is 12.8. The Bertz CT molecular complexity index is 243. The topological polar surface area (TPSA) is 58.4 Å². The van der Waals surface area contributed by atoms with Gasteiger partial charge in [-0.25, -0.2) is 0 Å². The molecule has 0 radical (unpaired) electrons. The molecule has 0 aliphatic carbocycles. The maximum Gasteiger partial charge on any atom is 0.234 e. The number of likely N-dealkylation sites (tertiary alicyclic amines) is 1. The Morgan fingerprint density at radius 1 is 1.47 bits per heavy atom. The summed E-state index contributed by atoms with van der Waals surface area (Å²) in [6, 6.07) is 0.248. The van der Waals surface area contributed by atoms with Crippen LogP contribution in [0.15, 0.2) is 0 Å². The van der Waals surface area contributed by atoms with Crippen LogP contribution < -0.4 is 11.1 Å². The van der Waals surface area contributed by atoms with Crippen molar-refractivity contribution in [2.45, 2.75) is 39.7 Å². The summed E-state index contributed by atoms with van der Waals surface area (Å²) < 4.78 is 0. The standard InChI is InChI=1S/C13H27N3O/c1-10(2)11(3)15-13(17)9-16-6-4-5-12(7-14)8-16/h10-12H,4-9,14H2,1-3H3,(H,15,17). The van der Waals surface area contributed by atoms with Crippen molar-refractivity contribution in [3.63, 3.8) is 0 Å². The predicted octanol–water partition coefficient (Wildman–Crippen LogP) is 0.818. The Hall–Kier alpha value is -0.610. The van der Waals surface area contributed by atoms with Crippen molar-refractivity contribution in [2.75, 3.05) is 26.2 Å². The zero-order valence-corrected chi connectivity index (χ0v) is 11.4. The summed E-state index contributed by atoms with van der Waals surface area (Å²) in [7, 11) is 0. The van der Waals surface area contributed by atoms with Crippen molar-refractivity contribution >= 4 is 5.91 Å². The Labute approximate surface area is 105 Å². The third-order valence-corrected chi connectivity index (χ3v) is 3.69. The molecule has 1 aliphatic rings. The number of hydrogen-bond donors (Lipinski definition) is 2. The number of carbonyl (C=O) groups is 1. The molecule has 1 fully saturated rings. The Morgan fingerprint density at radius 2 is 2.18 bits per heavy atom. The van der Waals surface area contributed by atoms with Gasteiger partial charge in [0.15, 0.2) is 0 Å². The maximum atomic E-state index is 11.8. The fourth-order valence-electron chi connectivity index (χ4n) is 2.16. The van der Waals surface area contributed by atoms with Crippen molar-refractivity contribution < 1.29 is 4.79 Å². The molecular weight excluding hydrogens is 214 g/mol. The lowest BCUT2D eigenvalue weighted by atomic mass is 9.98. The first-order chi connectivity index (χ1) is 8.02.